The summed E-state index contributed by atoms with van der Waals surface area (Å²) >= 11 is 5.21. The second-order valence-electron chi connectivity index (χ2n) is 6.13. The topological polar surface area (TPSA) is 81.8 Å². The molecule has 3 rings (SSSR count). The zero-order valence-electron chi connectivity index (χ0n) is 14.9. The highest BCUT2D eigenvalue weighted by atomic mass is 32.1. The molecule has 144 valence electrons. The van der Waals surface area contributed by atoms with Crippen molar-refractivity contribution in [1.82, 2.24) is 15.3 Å². The number of para-hydroxylation sites is 1. The van der Waals surface area contributed by atoms with Crippen LogP contribution in [0.3, 0.4) is 0 Å². The van der Waals surface area contributed by atoms with Gasteiger partial charge in [0.15, 0.2) is 5.11 Å². The molecule has 28 heavy (non-hydrogen) atoms. The maximum absolute atomic E-state index is 13.0. The number of likely N-dealkylation sites (N-methyl/N-ethyl adjacent to an activating group) is 1. The average Bonchev–Trinajstić information content (AvgIpc) is 2.87. The number of halogens is 1. The van der Waals surface area contributed by atoms with Crippen LogP contribution in [0.2, 0.25) is 0 Å². The Labute approximate surface area is 166 Å². The number of thiocarbonyl (C=S) groups is 1. The highest BCUT2D eigenvalue weighted by Gasteiger charge is 2.42. The summed E-state index contributed by atoms with van der Waals surface area (Å²) in [6.07, 6.45) is -0.206. The van der Waals surface area contributed by atoms with Crippen molar-refractivity contribution in [2.75, 3.05) is 12.4 Å². The fourth-order valence-electron chi connectivity index (χ4n) is 2.71. The fourth-order valence-corrected chi connectivity index (χ4v) is 2.97. The number of nitrogens with zero attached hydrogens (tertiary/aromatic N) is 2. The molecule has 2 N–H and O–H groups in total. The van der Waals surface area contributed by atoms with E-state index in [1.165, 1.54) is 29.1 Å². The van der Waals surface area contributed by atoms with Crippen molar-refractivity contribution in [3.8, 4) is 0 Å². The van der Waals surface area contributed by atoms with E-state index in [0.29, 0.717) is 5.69 Å². The van der Waals surface area contributed by atoms with Crippen LogP contribution in [-0.2, 0) is 9.59 Å². The Morgan fingerprint density at radius 3 is 2.39 bits per heavy atom. The fraction of sp³-hybridized carbons (Fsp3) is 0.158. The predicted molar refractivity (Wildman–Crippen MR) is 105 cm³/mol. The quantitative estimate of drug-likeness (QED) is 0.750. The summed E-state index contributed by atoms with van der Waals surface area (Å²) < 4.78 is 13.0. The molecule has 1 fully saturated rings. The lowest BCUT2D eigenvalue weighted by Crippen LogP contribution is -2.49. The van der Waals surface area contributed by atoms with Gasteiger partial charge in [-0.2, -0.15) is 0 Å². The Hall–Kier alpha value is -3.33. The number of anilines is 1. The molecule has 2 aromatic carbocycles. The van der Waals surface area contributed by atoms with Crippen LogP contribution in [0.4, 0.5) is 10.1 Å². The third-order valence-corrected chi connectivity index (χ3v) is 4.66. The van der Waals surface area contributed by atoms with Gasteiger partial charge in [0.25, 0.3) is 11.8 Å². The Bertz CT molecular complexity index is 921. The molecule has 0 radical (unpaired) electrons. The van der Waals surface area contributed by atoms with Crippen molar-refractivity contribution in [3.05, 3.63) is 66.0 Å². The molecule has 1 aliphatic rings. The van der Waals surface area contributed by atoms with E-state index in [9.17, 15) is 18.8 Å². The number of amides is 3. The monoisotopic (exact) mass is 400 g/mol. The normalized spacial score (nSPS) is 16.3. The van der Waals surface area contributed by atoms with E-state index in [1.807, 2.05) is 6.07 Å². The molecule has 7 nitrogen and oxygen atoms in total. The smallest absolute Gasteiger partial charge is 0.269 e. The molecule has 0 spiro atoms. The number of hydrogen-bond donors (Lipinski definition) is 2. The lowest BCUT2D eigenvalue weighted by molar-refractivity contribution is -0.130. The summed E-state index contributed by atoms with van der Waals surface area (Å²) in [5.74, 6) is -1.85. The third kappa shape index (κ3) is 4.15. The van der Waals surface area contributed by atoms with Gasteiger partial charge in [0.2, 0.25) is 5.91 Å². The van der Waals surface area contributed by atoms with Crippen LogP contribution in [-0.4, -0.2) is 45.8 Å². The van der Waals surface area contributed by atoms with Crippen molar-refractivity contribution in [2.45, 2.75) is 12.5 Å². The van der Waals surface area contributed by atoms with Crippen LogP contribution in [0, 0.1) is 5.82 Å². The molecule has 2 aromatic rings. The van der Waals surface area contributed by atoms with Crippen molar-refractivity contribution < 1.29 is 18.8 Å². The molecular weight excluding hydrogens is 383 g/mol. The summed E-state index contributed by atoms with van der Waals surface area (Å²) in [4.78, 5) is 38.5. The van der Waals surface area contributed by atoms with Crippen molar-refractivity contribution in [2.24, 2.45) is 0 Å². The zero-order chi connectivity index (χ0) is 20.3. The van der Waals surface area contributed by atoms with Gasteiger partial charge in [-0.1, -0.05) is 18.2 Å². The first-order chi connectivity index (χ1) is 13.4. The van der Waals surface area contributed by atoms with Crippen LogP contribution >= 0.6 is 12.2 Å². The highest BCUT2D eigenvalue weighted by molar-refractivity contribution is 7.80. The summed E-state index contributed by atoms with van der Waals surface area (Å²) in [6, 6.07) is 12.8. The van der Waals surface area contributed by atoms with Gasteiger partial charge in [0.1, 0.15) is 11.9 Å². The predicted octanol–water partition coefficient (Wildman–Crippen LogP) is 1.93. The molecule has 0 aliphatic carbocycles. The van der Waals surface area contributed by atoms with Gasteiger partial charge in [-0.3, -0.25) is 24.7 Å². The molecule has 9 heteroatoms. The lowest BCUT2D eigenvalue weighted by Gasteiger charge is -2.24. The van der Waals surface area contributed by atoms with E-state index >= 15 is 0 Å². The molecule has 1 saturated heterocycles. The minimum absolute atomic E-state index is 0.0676. The summed E-state index contributed by atoms with van der Waals surface area (Å²) in [5.41, 5.74) is 3.32. The molecule has 0 aromatic heterocycles. The van der Waals surface area contributed by atoms with Crippen LogP contribution < -0.4 is 10.7 Å². The maximum Gasteiger partial charge on any atom is 0.269 e. The zero-order valence-corrected chi connectivity index (χ0v) is 15.7. The minimum atomic E-state index is -0.981. The average molecular weight is 400 g/mol. The van der Waals surface area contributed by atoms with E-state index < -0.39 is 29.6 Å². The maximum atomic E-state index is 13.0. The molecule has 0 saturated carbocycles. The van der Waals surface area contributed by atoms with Gasteiger partial charge in [0.05, 0.1) is 6.42 Å². The van der Waals surface area contributed by atoms with E-state index in [-0.39, 0.29) is 17.1 Å². The molecule has 1 unspecified atom stereocenters. The van der Waals surface area contributed by atoms with Crippen LogP contribution in [0.25, 0.3) is 0 Å². The van der Waals surface area contributed by atoms with E-state index in [2.05, 4.69) is 10.7 Å². The Kier molecular flexibility index (Phi) is 5.65. The summed E-state index contributed by atoms with van der Waals surface area (Å²) in [5, 5.41) is 3.95. The summed E-state index contributed by atoms with van der Waals surface area (Å²) in [6.45, 7) is 0. The second kappa shape index (κ2) is 8.13. The first-order valence-electron chi connectivity index (χ1n) is 8.39. The Balaban J connectivity index is 1.73. The van der Waals surface area contributed by atoms with Crippen molar-refractivity contribution in [1.29, 1.82) is 0 Å². The van der Waals surface area contributed by atoms with Crippen LogP contribution in [0.5, 0.6) is 0 Å². The molecular formula is C19H17FN4O3S. The highest BCUT2D eigenvalue weighted by Crippen LogP contribution is 2.19. The lowest BCUT2D eigenvalue weighted by atomic mass is 10.2. The standard InChI is InChI=1S/C19H17FN4O3S/c1-23-18(27)15(11-16(25)21-14-5-3-2-4-6-14)24(19(23)28)22-17(26)12-7-9-13(20)10-8-12/h2-10,15H,11H2,1H3,(H,21,25)(H,22,26). The molecule has 1 atom stereocenters. The van der Waals surface area contributed by atoms with Crippen molar-refractivity contribution in [3.63, 3.8) is 0 Å². The largest absolute Gasteiger partial charge is 0.326 e. The van der Waals surface area contributed by atoms with Crippen molar-refractivity contribution >= 4 is 40.7 Å². The van der Waals surface area contributed by atoms with E-state index in [0.717, 1.165) is 12.1 Å². The number of nitrogens with one attached hydrogen (secondary N) is 2. The first-order valence-corrected chi connectivity index (χ1v) is 8.80. The number of carbonyl (C=O) groups is 3. The van der Waals surface area contributed by atoms with E-state index in [4.69, 9.17) is 12.2 Å². The van der Waals surface area contributed by atoms with Gasteiger partial charge in [0, 0.05) is 18.3 Å². The second-order valence-corrected chi connectivity index (χ2v) is 6.50. The van der Waals surface area contributed by atoms with Gasteiger partial charge in [-0.15, -0.1) is 0 Å². The first kappa shape index (κ1) is 19.4. The Morgan fingerprint density at radius 1 is 1.11 bits per heavy atom. The van der Waals surface area contributed by atoms with Crippen LogP contribution in [0.15, 0.2) is 54.6 Å². The van der Waals surface area contributed by atoms with E-state index in [1.54, 1.807) is 24.3 Å². The minimum Gasteiger partial charge on any atom is -0.326 e. The van der Waals surface area contributed by atoms with Gasteiger partial charge < -0.3 is 5.32 Å². The SMILES string of the molecule is CN1C(=O)C(CC(=O)Nc2ccccc2)N(NC(=O)c2ccc(F)cc2)C1=S. The number of hydrazine groups is 1. The Morgan fingerprint density at radius 2 is 1.75 bits per heavy atom. The van der Waals surface area contributed by atoms with Gasteiger partial charge >= 0.3 is 0 Å². The number of hydrogen-bond acceptors (Lipinski definition) is 4. The molecule has 3 amide bonds. The van der Waals surface area contributed by atoms with Gasteiger partial charge in [-0.05, 0) is 48.6 Å². The van der Waals surface area contributed by atoms with Gasteiger partial charge in [-0.25, -0.2) is 9.40 Å². The molecule has 1 heterocycles. The molecule has 1 aliphatic heterocycles. The molecule has 0 bridgehead atoms. The third-order valence-electron chi connectivity index (χ3n) is 4.19. The number of rotatable bonds is 5. The van der Waals surface area contributed by atoms with Crippen LogP contribution in [0.1, 0.15) is 16.8 Å². The number of carbonyl (C=O) groups excluding carboxylic acids is 3. The number of benzene rings is 2. The summed E-state index contributed by atoms with van der Waals surface area (Å²) in [7, 11) is 1.47.